The fourth-order valence-corrected chi connectivity index (χ4v) is 4.51. The van der Waals surface area contributed by atoms with Gasteiger partial charge in [0.25, 0.3) is 5.91 Å². The third-order valence-corrected chi connectivity index (χ3v) is 6.26. The third-order valence-electron chi connectivity index (χ3n) is 5.11. The topological polar surface area (TPSA) is 84.2 Å². The van der Waals surface area contributed by atoms with Crippen LogP contribution < -0.4 is 10.6 Å². The predicted octanol–water partition coefficient (Wildman–Crippen LogP) is 4.75. The van der Waals surface area contributed by atoms with E-state index in [0.29, 0.717) is 5.56 Å². The van der Waals surface area contributed by atoms with Crippen molar-refractivity contribution in [3.05, 3.63) is 77.6 Å². The Balaban J connectivity index is 1.29. The molecule has 3 aromatic carbocycles. The fraction of sp³-hybridized carbons (Fsp3) is 0.0870. The van der Waals surface area contributed by atoms with Gasteiger partial charge in [-0.2, -0.15) is 9.61 Å². The minimum atomic E-state index is -0.252. The van der Waals surface area contributed by atoms with E-state index in [1.54, 1.807) is 10.6 Å². The van der Waals surface area contributed by atoms with Gasteiger partial charge in [-0.3, -0.25) is 10.1 Å². The predicted molar refractivity (Wildman–Crippen MR) is 131 cm³/mol. The number of thiocarbonyl (C=S) groups is 1. The molecular weight excluding hydrogens is 440 g/mol. The Hall–Kier alpha value is -3.69. The Morgan fingerprint density at radius 1 is 1.00 bits per heavy atom. The van der Waals surface area contributed by atoms with E-state index >= 15 is 0 Å². The number of aromatic nitrogens is 4. The molecule has 0 radical (unpaired) electrons. The first-order valence-corrected chi connectivity index (χ1v) is 11.1. The third kappa shape index (κ3) is 3.83. The lowest BCUT2D eigenvalue weighted by Gasteiger charge is -2.13. The Morgan fingerprint density at radius 3 is 2.59 bits per heavy atom. The van der Waals surface area contributed by atoms with Gasteiger partial charge in [0.05, 0.1) is 0 Å². The molecule has 5 aromatic rings. The number of nitrogens with one attached hydrogen (secondary N) is 2. The van der Waals surface area contributed by atoms with Crippen LogP contribution in [-0.4, -0.2) is 30.8 Å². The van der Waals surface area contributed by atoms with Crippen molar-refractivity contribution in [3.63, 3.8) is 0 Å². The molecule has 2 heterocycles. The van der Waals surface area contributed by atoms with Gasteiger partial charge >= 0.3 is 0 Å². The van der Waals surface area contributed by atoms with Gasteiger partial charge in [0.1, 0.15) is 5.01 Å². The molecular formula is C23H18N6OS2. The molecule has 0 saturated heterocycles. The standard InChI is InChI=1S/C23H18N6OS2/c1-13-11-18(21-28-29-14(2)26-27-23(29)32-21)9-10-19(13)24-22(31)25-20(30)17-8-7-15-5-3-4-6-16(15)12-17/h3-12H,1-2H3,(H2,24,25,30,31). The number of amides is 1. The number of hydrogen-bond donors (Lipinski definition) is 2. The Bertz CT molecular complexity index is 1500. The smallest absolute Gasteiger partial charge is 0.257 e. The van der Waals surface area contributed by atoms with E-state index < -0.39 is 0 Å². The molecule has 0 atom stereocenters. The normalized spacial score (nSPS) is 11.1. The summed E-state index contributed by atoms with van der Waals surface area (Å²) in [5.41, 5.74) is 3.33. The summed E-state index contributed by atoms with van der Waals surface area (Å²) in [5, 5.41) is 21.8. The zero-order chi connectivity index (χ0) is 22.2. The summed E-state index contributed by atoms with van der Waals surface area (Å²) in [7, 11) is 0. The molecule has 0 fully saturated rings. The quantitative estimate of drug-likeness (QED) is 0.380. The molecule has 5 rings (SSSR count). The lowest BCUT2D eigenvalue weighted by molar-refractivity contribution is 0.0978. The van der Waals surface area contributed by atoms with Gasteiger partial charge < -0.3 is 5.32 Å². The average Bonchev–Trinajstić information content (AvgIpc) is 3.37. The minimum Gasteiger partial charge on any atom is -0.332 e. The Morgan fingerprint density at radius 2 is 1.81 bits per heavy atom. The largest absolute Gasteiger partial charge is 0.332 e. The van der Waals surface area contributed by atoms with Crippen LogP contribution in [0.5, 0.6) is 0 Å². The number of carbonyl (C=O) groups is 1. The molecule has 0 aliphatic heterocycles. The SMILES string of the molecule is Cc1cc(-c2nn3c(C)nnc3s2)ccc1NC(=S)NC(=O)c1ccc2ccccc2c1. The van der Waals surface area contributed by atoms with Gasteiger partial charge in [0.2, 0.25) is 4.96 Å². The molecule has 0 aliphatic carbocycles. The van der Waals surface area contributed by atoms with Crippen molar-refractivity contribution in [2.45, 2.75) is 13.8 Å². The number of aryl methyl sites for hydroxylation is 2. The van der Waals surface area contributed by atoms with Crippen LogP contribution in [0.2, 0.25) is 0 Å². The van der Waals surface area contributed by atoms with Crippen LogP contribution in [0.4, 0.5) is 5.69 Å². The van der Waals surface area contributed by atoms with Crippen molar-refractivity contribution in [1.82, 2.24) is 25.1 Å². The van der Waals surface area contributed by atoms with Crippen LogP contribution in [0.25, 0.3) is 26.3 Å². The number of rotatable bonds is 3. The lowest BCUT2D eigenvalue weighted by Crippen LogP contribution is -2.34. The van der Waals surface area contributed by atoms with Crippen LogP contribution in [0, 0.1) is 13.8 Å². The van der Waals surface area contributed by atoms with Crippen molar-refractivity contribution in [2.75, 3.05) is 5.32 Å². The molecule has 0 unspecified atom stereocenters. The van der Waals surface area contributed by atoms with Gasteiger partial charge in [-0.25, -0.2) is 0 Å². The average molecular weight is 459 g/mol. The lowest BCUT2D eigenvalue weighted by atomic mass is 10.1. The molecule has 2 N–H and O–H groups in total. The first-order valence-electron chi connectivity index (χ1n) is 9.89. The van der Waals surface area contributed by atoms with Crippen molar-refractivity contribution in [1.29, 1.82) is 0 Å². The highest BCUT2D eigenvalue weighted by molar-refractivity contribution is 7.80. The van der Waals surface area contributed by atoms with Gasteiger partial charge in [-0.05, 0) is 72.7 Å². The fourth-order valence-electron chi connectivity index (χ4n) is 3.43. The first kappa shape index (κ1) is 20.2. The van der Waals surface area contributed by atoms with Crippen molar-refractivity contribution in [3.8, 4) is 10.6 Å². The number of carbonyl (C=O) groups excluding carboxylic acids is 1. The molecule has 32 heavy (non-hydrogen) atoms. The van der Waals surface area contributed by atoms with E-state index in [1.165, 1.54) is 11.3 Å². The van der Waals surface area contributed by atoms with E-state index in [4.69, 9.17) is 12.2 Å². The second kappa shape index (κ2) is 8.10. The molecule has 0 spiro atoms. The number of fused-ring (bicyclic) bond motifs is 2. The Kier molecular flexibility index (Phi) is 5.12. The summed E-state index contributed by atoms with van der Waals surface area (Å²) in [5.74, 6) is 0.502. The molecule has 2 aromatic heterocycles. The maximum absolute atomic E-state index is 12.6. The highest BCUT2D eigenvalue weighted by Gasteiger charge is 2.13. The zero-order valence-electron chi connectivity index (χ0n) is 17.3. The summed E-state index contributed by atoms with van der Waals surface area (Å²) in [6.45, 7) is 3.85. The number of nitrogens with zero attached hydrogens (tertiary/aromatic N) is 4. The summed E-state index contributed by atoms with van der Waals surface area (Å²) in [6, 6.07) is 19.4. The highest BCUT2D eigenvalue weighted by Crippen LogP contribution is 2.28. The maximum atomic E-state index is 12.6. The molecule has 1 amide bonds. The molecule has 7 nitrogen and oxygen atoms in total. The second-order valence-corrected chi connectivity index (χ2v) is 8.71. The van der Waals surface area contributed by atoms with Crippen molar-refractivity contribution >= 4 is 56.0 Å². The molecule has 0 aliphatic rings. The van der Waals surface area contributed by atoms with E-state index in [9.17, 15) is 4.79 Å². The van der Waals surface area contributed by atoms with Crippen LogP contribution in [-0.2, 0) is 0 Å². The van der Waals surface area contributed by atoms with Crippen LogP contribution >= 0.6 is 23.6 Å². The number of anilines is 1. The molecule has 0 saturated carbocycles. The second-order valence-electron chi connectivity index (χ2n) is 7.35. The van der Waals surface area contributed by atoms with Crippen LogP contribution in [0.3, 0.4) is 0 Å². The van der Waals surface area contributed by atoms with Crippen molar-refractivity contribution in [2.24, 2.45) is 0 Å². The summed E-state index contributed by atoms with van der Waals surface area (Å²) >= 11 is 6.85. The van der Waals surface area contributed by atoms with E-state index in [2.05, 4.69) is 25.9 Å². The summed E-state index contributed by atoms with van der Waals surface area (Å²) in [6.07, 6.45) is 0. The highest BCUT2D eigenvalue weighted by atomic mass is 32.1. The molecule has 0 bridgehead atoms. The monoisotopic (exact) mass is 458 g/mol. The molecule has 9 heteroatoms. The molecule has 158 valence electrons. The van der Waals surface area contributed by atoms with Gasteiger partial charge in [0.15, 0.2) is 10.9 Å². The van der Waals surface area contributed by atoms with Gasteiger partial charge in [0, 0.05) is 16.8 Å². The first-order chi connectivity index (χ1) is 15.5. The summed E-state index contributed by atoms with van der Waals surface area (Å²) < 4.78 is 1.74. The van der Waals surface area contributed by atoms with E-state index in [1.807, 2.05) is 68.4 Å². The minimum absolute atomic E-state index is 0.244. The van der Waals surface area contributed by atoms with Crippen molar-refractivity contribution < 1.29 is 4.79 Å². The van der Waals surface area contributed by atoms with Gasteiger partial charge in [-0.1, -0.05) is 41.7 Å². The van der Waals surface area contributed by atoms with E-state index in [-0.39, 0.29) is 11.0 Å². The van der Waals surface area contributed by atoms with Gasteiger partial charge in [-0.15, -0.1) is 10.2 Å². The van der Waals surface area contributed by atoms with E-state index in [0.717, 1.165) is 43.4 Å². The summed E-state index contributed by atoms with van der Waals surface area (Å²) in [4.78, 5) is 13.4. The number of benzene rings is 3. The van der Waals surface area contributed by atoms with Crippen LogP contribution in [0.1, 0.15) is 21.7 Å². The number of hydrogen-bond acceptors (Lipinski definition) is 6. The maximum Gasteiger partial charge on any atom is 0.257 e. The van der Waals surface area contributed by atoms with Crippen LogP contribution in [0.15, 0.2) is 60.7 Å². The Labute approximate surface area is 193 Å². The zero-order valence-corrected chi connectivity index (χ0v) is 18.9.